The van der Waals surface area contributed by atoms with E-state index in [4.69, 9.17) is 11.6 Å². The molecule has 0 saturated heterocycles. The van der Waals surface area contributed by atoms with Crippen molar-refractivity contribution in [2.75, 3.05) is 0 Å². The molecule has 1 aromatic heterocycles. The van der Waals surface area contributed by atoms with Gasteiger partial charge in [0.2, 0.25) is 5.75 Å². The zero-order valence-corrected chi connectivity index (χ0v) is 12.1. The third kappa shape index (κ3) is 2.42. The van der Waals surface area contributed by atoms with Gasteiger partial charge in [-0.15, -0.1) is 0 Å². The minimum absolute atomic E-state index is 0.220. The molecule has 21 heavy (non-hydrogen) atoms. The van der Waals surface area contributed by atoms with Crippen LogP contribution in [0.4, 0.5) is 5.69 Å². The van der Waals surface area contributed by atoms with Crippen LogP contribution in [0.5, 0.6) is 5.75 Å². The lowest BCUT2D eigenvalue weighted by Crippen LogP contribution is -2.06. The fourth-order valence-corrected chi connectivity index (χ4v) is 3.48. The van der Waals surface area contributed by atoms with Crippen LogP contribution in [0.3, 0.4) is 0 Å². The molecule has 0 amide bonds. The van der Waals surface area contributed by atoms with Crippen molar-refractivity contribution < 1.29 is 10.0 Å². The number of hydrogen-bond donors (Lipinski definition) is 1. The fourth-order valence-electron chi connectivity index (χ4n) is 3.18. The highest BCUT2D eigenvalue weighted by molar-refractivity contribution is 6.36. The average Bonchev–Trinajstić information content (AvgIpc) is 2.51. The zero-order chi connectivity index (χ0) is 15.0. The Labute approximate surface area is 126 Å². The van der Waals surface area contributed by atoms with Gasteiger partial charge in [-0.1, -0.05) is 30.9 Å². The van der Waals surface area contributed by atoms with E-state index in [1.807, 2.05) is 6.07 Å². The van der Waals surface area contributed by atoms with Gasteiger partial charge in [-0.25, -0.2) is 0 Å². The lowest BCUT2D eigenvalue weighted by molar-refractivity contribution is -0.385. The van der Waals surface area contributed by atoms with Gasteiger partial charge in [-0.3, -0.25) is 15.1 Å². The van der Waals surface area contributed by atoms with Gasteiger partial charge in [-0.2, -0.15) is 0 Å². The predicted octanol–water partition coefficient (Wildman–Crippen LogP) is 4.55. The number of nitro groups is 1. The smallest absolute Gasteiger partial charge is 0.314 e. The van der Waals surface area contributed by atoms with E-state index in [1.54, 1.807) is 6.20 Å². The van der Waals surface area contributed by atoms with Crippen LogP contribution < -0.4 is 0 Å². The average molecular weight is 307 g/mol. The Morgan fingerprint density at radius 2 is 2.05 bits per heavy atom. The van der Waals surface area contributed by atoms with Crippen molar-refractivity contribution in [3.05, 3.63) is 39.0 Å². The standard InChI is InChI=1S/C15H15ClN2O3/c16-11-8-12(18(20)21)15(19)14-13(11)10(6-7-17-14)9-4-2-1-3-5-9/h6-9,19H,1-5H2. The summed E-state index contributed by atoms with van der Waals surface area (Å²) in [4.78, 5) is 14.4. The molecule has 0 radical (unpaired) electrons. The lowest BCUT2D eigenvalue weighted by Gasteiger charge is -2.23. The summed E-state index contributed by atoms with van der Waals surface area (Å²) >= 11 is 6.25. The molecule has 6 heteroatoms. The first-order chi connectivity index (χ1) is 10.1. The van der Waals surface area contributed by atoms with E-state index >= 15 is 0 Å². The Bertz CT molecular complexity index is 712. The van der Waals surface area contributed by atoms with Gasteiger partial charge in [0.1, 0.15) is 5.52 Å². The molecule has 1 aromatic carbocycles. The van der Waals surface area contributed by atoms with Crippen molar-refractivity contribution in [3.8, 4) is 5.75 Å². The summed E-state index contributed by atoms with van der Waals surface area (Å²) in [6, 6.07) is 3.13. The SMILES string of the molecule is O=[N+]([O-])c1cc(Cl)c2c(C3CCCCC3)ccnc2c1O. The van der Waals surface area contributed by atoms with E-state index in [0.29, 0.717) is 11.3 Å². The molecule has 0 atom stereocenters. The molecule has 0 unspecified atom stereocenters. The van der Waals surface area contributed by atoms with Crippen molar-refractivity contribution in [1.29, 1.82) is 0 Å². The van der Waals surface area contributed by atoms with Crippen LogP contribution in [-0.4, -0.2) is 15.0 Å². The van der Waals surface area contributed by atoms with Crippen molar-refractivity contribution in [1.82, 2.24) is 4.98 Å². The van der Waals surface area contributed by atoms with Gasteiger partial charge in [0.05, 0.1) is 9.95 Å². The second-order valence-electron chi connectivity index (χ2n) is 5.44. The van der Waals surface area contributed by atoms with Crippen LogP contribution in [0.15, 0.2) is 18.3 Å². The molecule has 0 bridgehead atoms. The molecule has 0 spiro atoms. The number of hydrogen-bond acceptors (Lipinski definition) is 4. The van der Waals surface area contributed by atoms with Crippen LogP contribution in [0.25, 0.3) is 10.9 Å². The second-order valence-corrected chi connectivity index (χ2v) is 5.85. The van der Waals surface area contributed by atoms with Crippen molar-refractivity contribution in [2.45, 2.75) is 38.0 Å². The fraction of sp³-hybridized carbons (Fsp3) is 0.400. The van der Waals surface area contributed by atoms with Crippen molar-refractivity contribution >= 4 is 28.2 Å². The van der Waals surface area contributed by atoms with E-state index in [0.717, 1.165) is 18.4 Å². The molecular weight excluding hydrogens is 292 g/mol. The molecule has 0 aliphatic heterocycles. The highest BCUT2D eigenvalue weighted by Gasteiger charge is 2.25. The normalized spacial score (nSPS) is 16.2. The molecule has 1 aliphatic carbocycles. The Morgan fingerprint density at radius 3 is 2.71 bits per heavy atom. The molecule has 1 saturated carbocycles. The number of nitro benzene ring substituents is 1. The highest BCUT2D eigenvalue weighted by atomic mass is 35.5. The van der Waals surface area contributed by atoms with E-state index in [1.165, 1.54) is 25.3 Å². The quantitative estimate of drug-likeness (QED) is 0.652. The van der Waals surface area contributed by atoms with Crippen LogP contribution in [0.1, 0.15) is 43.6 Å². The Morgan fingerprint density at radius 1 is 1.33 bits per heavy atom. The number of pyridine rings is 1. The maximum Gasteiger partial charge on any atom is 0.314 e. The first kappa shape index (κ1) is 14.1. The summed E-state index contributed by atoms with van der Waals surface area (Å²) in [5.74, 6) is -0.0281. The maximum atomic E-state index is 11.0. The minimum Gasteiger partial charge on any atom is -0.501 e. The summed E-state index contributed by atoms with van der Waals surface area (Å²) in [5, 5.41) is 22.0. The van der Waals surface area contributed by atoms with Crippen molar-refractivity contribution in [3.63, 3.8) is 0 Å². The first-order valence-electron chi connectivity index (χ1n) is 7.04. The summed E-state index contributed by atoms with van der Waals surface area (Å²) in [6.45, 7) is 0. The number of benzene rings is 1. The highest BCUT2D eigenvalue weighted by Crippen LogP contribution is 2.43. The number of phenols is 1. The predicted molar refractivity (Wildman–Crippen MR) is 80.9 cm³/mol. The molecule has 1 N–H and O–H groups in total. The first-order valence-corrected chi connectivity index (χ1v) is 7.42. The molecule has 2 aromatic rings. The third-order valence-electron chi connectivity index (χ3n) is 4.19. The Hall–Kier alpha value is -1.88. The molecule has 5 nitrogen and oxygen atoms in total. The number of aromatic hydroxyl groups is 1. The van der Waals surface area contributed by atoms with Gasteiger partial charge in [0.25, 0.3) is 0 Å². The van der Waals surface area contributed by atoms with E-state index in [-0.39, 0.29) is 10.5 Å². The van der Waals surface area contributed by atoms with Crippen LogP contribution >= 0.6 is 11.6 Å². The van der Waals surface area contributed by atoms with Gasteiger partial charge in [-0.05, 0) is 30.4 Å². The number of nitrogens with zero attached hydrogens (tertiary/aromatic N) is 2. The topological polar surface area (TPSA) is 76.3 Å². The van der Waals surface area contributed by atoms with Gasteiger partial charge in [0.15, 0.2) is 0 Å². The maximum absolute atomic E-state index is 11.0. The summed E-state index contributed by atoms with van der Waals surface area (Å²) in [5.41, 5.74) is 0.855. The Kier molecular flexibility index (Phi) is 3.68. The number of fused-ring (bicyclic) bond motifs is 1. The zero-order valence-electron chi connectivity index (χ0n) is 11.4. The second kappa shape index (κ2) is 5.48. The molecule has 1 fully saturated rings. The molecule has 1 aliphatic rings. The summed E-state index contributed by atoms with van der Waals surface area (Å²) in [6.07, 6.45) is 7.33. The number of rotatable bonds is 2. The number of aromatic nitrogens is 1. The van der Waals surface area contributed by atoms with Crippen LogP contribution in [0, 0.1) is 10.1 Å². The van der Waals surface area contributed by atoms with Gasteiger partial charge >= 0.3 is 5.69 Å². The molecule has 110 valence electrons. The van der Waals surface area contributed by atoms with E-state index < -0.39 is 16.4 Å². The largest absolute Gasteiger partial charge is 0.501 e. The molecular formula is C15H15ClN2O3. The number of halogens is 1. The lowest BCUT2D eigenvalue weighted by atomic mass is 9.83. The van der Waals surface area contributed by atoms with Gasteiger partial charge < -0.3 is 5.11 Å². The van der Waals surface area contributed by atoms with Crippen LogP contribution in [-0.2, 0) is 0 Å². The van der Waals surface area contributed by atoms with E-state index in [9.17, 15) is 15.2 Å². The van der Waals surface area contributed by atoms with Gasteiger partial charge in [0, 0.05) is 17.6 Å². The number of phenolic OH excluding ortho intramolecular Hbond substituents is 1. The van der Waals surface area contributed by atoms with E-state index in [2.05, 4.69) is 4.98 Å². The summed E-state index contributed by atoms with van der Waals surface area (Å²) in [7, 11) is 0. The molecule has 3 rings (SSSR count). The molecule has 1 heterocycles. The minimum atomic E-state index is -0.643. The monoisotopic (exact) mass is 306 g/mol. The third-order valence-corrected chi connectivity index (χ3v) is 4.49. The summed E-state index contributed by atoms with van der Waals surface area (Å²) < 4.78 is 0. The van der Waals surface area contributed by atoms with Crippen molar-refractivity contribution in [2.24, 2.45) is 0 Å². The van der Waals surface area contributed by atoms with Crippen LogP contribution in [0.2, 0.25) is 5.02 Å². The Balaban J connectivity index is 2.23.